The molecule has 0 spiro atoms. The van der Waals surface area contributed by atoms with Crippen LogP contribution >= 0.6 is 0 Å². The molecule has 2 N–H and O–H groups in total. The Bertz CT molecular complexity index is 381. The number of nitrogens with zero attached hydrogens (tertiary/aromatic N) is 3. The fourth-order valence-electron chi connectivity index (χ4n) is 2.51. The third-order valence-electron chi connectivity index (χ3n) is 3.70. The first-order valence-corrected chi connectivity index (χ1v) is 6.52. The number of rotatable bonds is 3. The van der Waals surface area contributed by atoms with Gasteiger partial charge in [0.25, 0.3) is 0 Å². The number of pyridine rings is 1. The first-order valence-electron chi connectivity index (χ1n) is 6.52. The van der Waals surface area contributed by atoms with Gasteiger partial charge in [-0.2, -0.15) is 0 Å². The Balaban J connectivity index is 1.64. The van der Waals surface area contributed by atoms with Gasteiger partial charge in [-0.05, 0) is 25.0 Å². The minimum absolute atomic E-state index is 0.524. The van der Waals surface area contributed by atoms with Crippen molar-refractivity contribution >= 4 is 5.82 Å². The number of hydrogen-bond donors (Lipinski definition) is 1. The highest BCUT2D eigenvalue weighted by Crippen LogP contribution is 2.28. The van der Waals surface area contributed by atoms with E-state index in [9.17, 15) is 0 Å². The van der Waals surface area contributed by atoms with Crippen LogP contribution in [0.15, 0.2) is 18.2 Å². The number of aromatic nitrogens is 1. The van der Waals surface area contributed by atoms with Crippen molar-refractivity contribution in [3.05, 3.63) is 23.9 Å². The van der Waals surface area contributed by atoms with Gasteiger partial charge in [-0.1, -0.05) is 6.07 Å². The second-order valence-corrected chi connectivity index (χ2v) is 4.95. The zero-order chi connectivity index (χ0) is 11.7. The van der Waals surface area contributed by atoms with Crippen molar-refractivity contribution in [2.24, 2.45) is 5.73 Å². The second-order valence-electron chi connectivity index (χ2n) is 4.95. The maximum absolute atomic E-state index is 5.63. The van der Waals surface area contributed by atoms with Crippen LogP contribution in [0, 0.1) is 0 Å². The van der Waals surface area contributed by atoms with Crippen LogP contribution in [-0.2, 0) is 6.54 Å². The Morgan fingerprint density at radius 1 is 1.18 bits per heavy atom. The highest BCUT2D eigenvalue weighted by atomic mass is 15.3. The average molecular weight is 232 g/mol. The van der Waals surface area contributed by atoms with E-state index in [-0.39, 0.29) is 0 Å². The third-order valence-corrected chi connectivity index (χ3v) is 3.70. The van der Waals surface area contributed by atoms with Crippen LogP contribution in [0.1, 0.15) is 18.5 Å². The molecule has 0 aromatic carbocycles. The standard InChI is InChI=1S/C13H20N4/c14-10-11-2-1-3-13(15-11)17-8-6-16(7-9-17)12-4-5-12/h1-3,12H,4-10,14H2. The first-order chi connectivity index (χ1) is 8.36. The maximum Gasteiger partial charge on any atom is 0.128 e. The van der Waals surface area contributed by atoms with Gasteiger partial charge in [-0.25, -0.2) is 4.98 Å². The van der Waals surface area contributed by atoms with Crippen LogP contribution in [0.5, 0.6) is 0 Å². The lowest BCUT2D eigenvalue weighted by Crippen LogP contribution is -2.47. The third kappa shape index (κ3) is 2.42. The zero-order valence-corrected chi connectivity index (χ0v) is 10.2. The predicted molar refractivity (Wildman–Crippen MR) is 68.9 cm³/mol. The van der Waals surface area contributed by atoms with Crippen molar-refractivity contribution < 1.29 is 0 Å². The van der Waals surface area contributed by atoms with Crippen molar-refractivity contribution in [2.75, 3.05) is 31.1 Å². The van der Waals surface area contributed by atoms with Gasteiger partial charge in [-0.15, -0.1) is 0 Å². The fourth-order valence-corrected chi connectivity index (χ4v) is 2.51. The summed E-state index contributed by atoms with van der Waals surface area (Å²) in [5.41, 5.74) is 6.61. The lowest BCUT2D eigenvalue weighted by molar-refractivity contribution is 0.247. The zero-order valence-electron chi connectivity index (χ0n) is 10.2. The predicted octanol–water partition coefficient (Wildman–Crippen LogP) is 0.825. The molecule has 0 radical (unpaired) electrons. The summed E-state index contributed by atoms with van der Waals surface area (Å²) in [6.45, 7) is 5.07. The summed E-state index contributed by atoms with van der Waals surface area (Å²) in [5, 5.41) is 0. The van der Waals surface area contributed by atoms with Crippen LogP contribution in [0.25, 0.3) is 0 Å². The van der Waals surface area contributed by atoms with Crippen LogP contribution < -0.4 is 10.6 Å². The molecule has 92 valence electrons. The molecule has 0 atom stereocenters. The highest BCUT2D eigenvalue weighted by molar-refractivity contribution is 5.39. The lowest BCUT2D eigenvalue weighted by atomic mass is 10.3. The van der Waals surface area contributed by atoms with Crippen LogP contribution in [0.3, 0.4) is 0 Å². The highest BCUT2D eigenvalue weighted by Gasteiger charge is 2.31. The van der Waals surface area contributed by atoms with E-state index in [4.69, 9.17) is 5.73 Å². The van der Waals surface area contributed by atoms with Crippen molar-refractivity contribution in [1.29, 1.82) is 0 Å². The van der Waals surface area contributed by atoms with E-state index >= 15 is 0 Å². The number of piperazine rings is 1. The van der Waals surface area contributed by atoms with E-state index in [1.165, 1.54) is 25.9 Å². The Labute approximate surface area is 102 Å². The molecule has 0 bridgehead atoms. The van der Waals surface area contributed by atoms with Gasteiger partial charge in [0, 0.05) is 38.8 Å². The van der Waals surface area contributed by atoms with E-state index in [2.05, 4.69) is 26.9 Å². The Hall–Kier alpha value is -1.13. The molecule has 1 aliphatic carbocycles. The molecule has 1 saturated carbocycles. The molecule has 1 aromatic rings. The molecule has 2 aliphatic rings. The quantitative estimate of drug-likeness (QED) is 0.838. The van der Waals surface area contributed by atoms with Crippen molar-refractivity contribution in [3.63, 3.8) is 0 Å². The van der Waals surface area contributed by atoms with Gasteiger partial charge in [0.1, 0.15) is 5.82 Å². The summed E-state index contributed by atoms with van der Waals surface area (Å²) < 4.78 is 0. The Morgan fingerprint density at radius 3 is 2.59 bits per heavy atom. The van der Waals surface area contributed by atoms with E-state index in [1.54, 1.807) is 0 Å². The molecule has 1 aromatic heterocycles. The summed E-state index contributed by atoms with van der Waals surface area (Å²) in [6.07, 6.45) is 2.81. The first kappa shape index (κ1) is 11.0. The summed E-state index contributed by atoms with van der Waals surface area (Å²) in [6, 6.07) is 7.02. The second kappa shape index (κ2) is 4.63. The fraction of sp³-hybridized carbons (Fsp3) is 0.615. The monoisotopic (exact) mass is 232 g/mol. The van der Waals surface area contributed by atoms with Crippen molar-refractivity contribution in [2.45, 2.75) is 25.4 Å². The van der Waals surface area contributed by atoms with E-state index in [0.717, 1.165) is 30.6 Å². The van der Waals surface area contributed by atoms with Crippen molar-refractivity contribution in [3.8, 4) is 0 Å². The molecule has 17 heavy (non-hydrogen) atoms. The number of anilines is 1. The average Bonchev–Trinajstić information content (AvgIpc) is 3.23. The van der Waals surface area contributed by atoms with Crippen molar-refractivity contribution in [1.82, 2.24) is 9.88 Å². The molecule has 4 nitrogen and oxygen atoms in total. The summed E-state index contributed by atoms with van der Waals surface area (Å²) in [7, 11) is 0. The Morgan fingerprint density at radius 2 is 1.94 bits per heavy atom. The van der Waals surface area contributed by atoms with Gasteiger partial charge < -0.3 is 10.6 Å². The molecule has 2 fully saturated rings. The normalized spacial score (nSPS) is 21.8. The molecular formula is C13H20N4. The van der Waals surface area contributed by atoms with E-state index < -0.39 is 0 Å². The van der Waals surface area contributed by atoms with E-state index in [1.807, 2.05) is 6.07 Å². The lowest BCUT2D eigenvalue weighted by Gasteiger charge is -2.35. The van der Waals surface area contributed by atoms with E-state index in [0.29, 0.717) is 6.54 Å². The van der Waals surface area contributed by atoms with Gasteiger partial charge in [0.2, 0.25) is 0 Å². The smallest absolute Gasteiger partial charge is 0.128 e. The van der Waals surface area contributed by atoms with Gasteiger partial charge >= 0.3 is 0 Å². The molecule has 0 unspecified atom stereocenters. The number of nitrogens with two attached hydrogens (primary N) is 1. The van der Waals surface area contributed by atoms with Crippen LogP contribution in [-0.4, -0.2) is 42.1 Å². The SMILES string of the molecule is NCc1cccc(N2CCN(C3CC3)CC2)n1. The summed E-state index contributed by atoms with van der Waals surface area (Å²) in [5.74, 6) is 1.09. The minimum Gasteiger partial charge on any atom is -0.354 e. The Kier molecular flexibility index (Phi) is 2.99. The molecule has 0 amide bonds. The van der Waals surface area contributed by atoms with Crippen LogP contribution in [0.2, 0.25) is 0 Å². The molecular weight excluding hydrogens is 212 g/mol. The molecule has 2 heterocycles. The summed E-state index contributed by atoms with van der Waals surface area (Å²) in [4.78, 5) is 9.57. The number of hydrogen-bond acceptors (Lipinski definition) is 4. The summed E-state index contributed by atoms with van der Waals surface area (Å²) >= 11 is 0. The molecule has 3 rings (SSSR count). The van der Waals surface area contributed by atoms with Gasteiger partial charge in [0.15, 0.2) is 0 Å². The largest absolute Gasteiger partial charge is 0.354 e. The minimum atomic E-state index is 0.524. The molecule has 4 heteroatoms. The maximum atomic E-state index is 5.63. The van der Waals surface area contributed by atoms with Gasteiger partial charge in [0.05, 0.1) is 5.69 Å². The molecule has 1 saturated heterocycles. The molecule has 1 aliphatic heterocycles. The van der Waals surface area contributed by atoms with Crippen LogP contribution in [0.4, 0.5) is 5.82 Å². The van der Waals surface area contributed by atoms with Gasteiger partial charge in [-0.3, -0.25) is 4.90 Å². The topological polar surface area (TPSA) is 45.4 Å².